The second-order valence-corrected chi connectivity index (χ2v) is 5.39. The van der Waals surface area contributed by atoms with Gasteiger partial charge in [0.2, 0.25) is 0 Å². The van der Waals surface area contributed by atoms with Crippen molar-refractivity contribution in [2.45, 2.75) is 19.4 Å². The molecule has 0 fully saturated rings. The summed E-state index contributed by atoms with van der Waals surface area (Å²) in [5.74, 6) is 0. The largest absolute Gasteiger partial charge is 0.398 e. The zero-order valence-electron chi connectivity index (χ0n) is 12.5. The Balaban J connectivity index is 1.73. The number of benzene rings is 1. The van der Waals surface area contributed by atoms with Gasteiger partial charge in [-0.25, -0.2) is 0 Å². The summed E-state index contributed by atoms with van der Waals surface area (Å²) in [5.41, 5.74) is 7.70. The van der Waals surface area contributed by atoms with Gasteiger partial charge in [-0.05, 0) is 38.1 Å². The molecule has 4 nitrogen and oxygen atoms in total. The maximum absolute atomic E-state index is 11.7. The van der Waals surface area contributed by atoms with Crippen LogP contribution >= 0.6 is 0 Å². The van der Waals surface area contributed by atoms with E-state index in [-0.39, 0.29) is 5.56 Å². The van der Waals surface area contributed by atoms with Crippen LogP contribution in [0.15, 0.2) is 53.5 Å². The SMILES string of the molecule is CN(CCCn1cc(N)ccc1=O)CCc1ccccc1. The van der Waals surface area contributed by atoms with Gasteiger partial charge in [0.1, 0.15) is 0 Å². The third-order valence-corrected chi connectivity index (χ3v) is 3.57. The monoisotopic (exact) mass is 285 g/mol. The minimum Gasteiger partial charge on any atom is -0.398 e. The van der Waals surface area contributed by atoms with E-state index in [0.29, 0.717) is 12.2 Å². The quantitative estimate of drug-likeness (QED) is 0.846. The van der Waals surface area contributed by atoms with Crippen LogP contribution in [0.4, 0.5) is 5.69 Å². The Labute approximate surface area is 125 Å². The van der Waals surface area contributed by atoms with Gasteiger partial charge in [0, 0.05) is 31.0 Å². The van der Waals surface area contributed by atoms with Crippen molar-refractivity contribution in [1.29, 1.82) is 0 Å². The maximum atomic E-state index is 11.7. The summed E-state index contributed by atoms with van der Waals surface area (Å²) in [6.07, 6.45) is 3.70. The minimum atomic E-state index is 0.0103. The second kappa shape index (κ2) is 7.64. The molecular weight excluding hydrogens is 262 g/mol. The molecule has 0 saturated heterocycles. The highest BCUT2D eigenvalue weighted by atomic mass is 16.1. The zero-order chi connectivity index (χ0) is 15.1. The number of nitrogens with two attached hydrogens (primary N) is 1. The van der Waals surface area contributed by atoms with Crippen LogP contribution in [0.25, 0.3) is 0 Å². The van der Waals surface area contributed by atoms with Gasteiger partial charge in [0.05, 0.1) is 0 Å². The molecule has 0 spiro atoms. The van der Waals surface area contributed by atoms with E-state index in [2.05, 4.69) is 36.2 Å². The van der Waals surface area contributed by atoms with Crippen LogP contribution in [0.1, 0.15) is 12.0 Å². The lowest BCUT2D eigenvalue weighted by Gasteiger charge is -2.17. The van der Waals surface area contributed by atoms with Crippen molar-refractivity contribution < 1.29 is 0 Å². The normalized spacial score (nSPS) is 11.0. The third kappa shape index (κ3) is 5.08. The molecule has 0 aliphatic heterocycles. The van der Waals surface area contributed by atoms with Gasteiger partial charge in [0.15, 0.2) is 0 Å². The van der Waals surface area contributed by atoms with Gasteiger partial charge in [-0.15, -0.1) is 0 Å². The van der Waals surface area contributed by atoms with E-state index in [9.17, 15) is 4.79 Å². The topological polar surface area (TPSA) is 51.3 Å². The van der Waals surface area contributed by atoms with Crippen molar-refractivity contribution in [3.05, 3.63) is 64.6 Å². The van der Waals surface area contributed by atoms with Gasteiger partial charge in [0.25, 0.3) is 5.56 Å². The standard InChI is InChI=1S/C17H23N3O/c1-19(13-10-15-6-3-2-4-7-15)11-5-12-20-14-16(18)8-9-17(20)21/h2-4,6-9,14H,5,10-13,18H2,1H3. The summed E-state index contributed by atoms with van der Waals surface area (Å²) in [4.78, 5) is 13.9. The molecule has 1 aromatic carbocycles. The van der Waals surface area contributed by atoms with Gasteiger partial charge in [-0.2, -0.15) is 0 Å². The number of nitrogens with zero attached hydrogens (tertiary/aromatic N) is 2. The van der Waals surface area contributed by atoms with Crippen LogP contribution in [0.3, 0.4) is 0 Å². The molecule has 0 unspecified atom stereocenters. The number of aryl methyl sites for hydroxylation is 1. The summed E-state index contributed by atoms with van der Waals surface area (Å²) in [5, 5.41) is 0. The van der Waals surface area contributed by atoms with Crippen LogP contribution in [0, 0.1) is 0 Å². The molecule has 0 radical (unpaired) electrons. The molecule has 1 heterocycles. The number of aromatic nitrogens is 1. The Kier molecular flexibility index (Phi) is 5.58. The third-order valence-electron chi connectivity index (χ3n) is 3.57. The van der Waals surface area contributed by atoms with E-state index in [1.54, 1.807) is 16.8 Å². The highest BCUT2D eigenvalue weighted by Gasteiger charge is 2.01. The molecule has 0 bridgehead atoms. The van der Waals surface area contributed by atoms with Crippen molar-refractivity contribution in [2.24, 2.45) is 0 Å². The molecule has 2 rings (SSSR count). The number of likely N-dealkylation sites (N-methyl/N-ethyl adjacent to an activating group) is 1. The number of rotatable bonds is 7. The number of hydrogen-bond donors (Lipinski definition) is 1. The lowest BCUT2D eigenvalue weighted by atomic mass is 10.1. The summed E-state index contributed by atoms with van der Waals surface area (Å²) < 4.78 is 1.68. The van der Waals surface area contributed by atoms with Crippen LogP contribution in [0.5, 0.6) is 0 Å². The predicted molar refractivity (Wildman–Crippen MR) is 87.4 cm³/mol. The van der Waals surface area contributed by atoms with E-state index in [1.807, 2.05) is 6.07 Å². The molecular formula is C17H23N3O. The molecule has 1 aromatic heterocycles. The van der Waals surface area contributed by atoms with E-state index in [0.717, 1.165) is 25.9 Å². The fraction of sp³-hybridized carbons (Fsp3) is 0.353. The number of pyridine rings is 1. The van der Waals surface area contributed by atoms with Gasteiger partial charge < -0.3 is 15.2 Å². The van der Waals surface area contributed by atoms with Crippen molar-refractivity contribution in [3.8, 4) is 0 Å². The zero-order valence-corrected chi connectivity index (χ0v) is 12.5. The Bertz CT molecular complexity index is 607. The molecule has 4 heteroatoms. The second-order valence-electron chi connectivity index (χ2n) is 5.39. The fourth-order valence-corrected chi connectivity index (χ4v) is 2.31. The molecule has 0 aliphatic rings. The Morgan fingerprint density at radius 2 is 1.86 bits per heavy atom. The number of hydrogen-bond acceptors (Lipinski definition) is 3. The van der Waals surface area contributed by atoms with Crippen LogP contribution in [-0.4, -0.2) is 29.6 Å². The molecule has 0 amide bonds. The lowest BCUT2D eigenvalue weighted by molar-refractivity contribution is 0.324. The summed E-state index contributed by atoms with van der Waals surface area (Å²) >= 11 is 0. The van der Waals surface area contributed by atoms with E-state index >= 15 is 0 Å². The number of anilines is 1. The first-order valence-corrected chi connectivity index (χ1v) is 7.33. The van der Waals surface area contributed by atoms with E-state index in [1.165, 1.54) is 11.6 Å². The molecule has 0 saturated carbocycles. The predicted octanol–water partition coefficient (Wildman–Crippen LogP) is 2.00. The molecule has 21 heavy (non-hydrogen) atoms. The average Bonchev–Trinajstić information content (AvgIpc) is 2.50. The van der Waals surface area contributed by atoms with Gasteiger partial charge in [-0.1, -0.05) is 30.3 Å². The van der Waals surface area contributed by atoms with Gasteiger partial charge in [-0.3, -0.25) is 4.79 Å². The Hall–Kier alpha value is -2.07. The van der Waals surface area contributed by atoms with E-state index < -0.39 is 0 Å². The Morgan fingerprint density at radius 3 is 2.62 bits per heavy atom. The first-order valence-electron chi connectivity index (χ1n) is 7.33. The smallest absolute Gasteiger partial charge is 0.250 e. The highest BCUT2D eigenvalue weighted by molar-refractivity contribution is 5.33. The first-order chi connectivity index (χ1) is 10.1. The number of nitrogen functional groups attached to an aromatic ring is 1. The lowest BCUT2D eigenvalue weighted by Crippen LogP contribution is -2.25. The molecule has 0 aliphatic carbocycles. The van der Waals surface area contributed by atoms with Crippen molar-refractivity contribution in [1.82, 2.24) is 9.47 Å². The molecule has 0 atom stereocenters. The molecule has 2 aromatic rings. The van der Waals surface area contributed by atoms with E-state index in [4.69, 9.17) is 5.73 Å². The Morgan fingerprint density at radius 1 is 1.10 bits per heavy atom. The van der Waals surface area contributed by atoms with Crippen LogP contribution in [0.2, 0.25) is 0 Å². The van der Waals surface area contributed by atoms with Crippen LogP contribution in [-0.2, 0) is 13.0 Å². The summed E-state index contributed by atoms with van der Waals surface area (Å²) in [6.45, 7) is 2.70. The van der Waals surface area contributed by atoms with Gasteiger partial charge >= 0.3 is 0 Å². The van der Waals surface area contributed by atoms with Crippen molar-refractivity contribution >= 4 is 5.69 Å². The molecule has 112 valence electrons. The fourth-order valence-electron chi connectivity index (χ4n) is 2.31. The molecule has 2 N–H and O–H groups in total. The summed E-state index contributed by atoms with van der Waals surface area (Å²) in [7, 11) is 2.12. The van der Waals surface area contributed by atoms with Crippen LogP contribution < -0.4 is 11.3 Å². The summed E-state index contributed by atoms with van der Waals surface area (Å²) in [6, 6.07) is 13.7. The average molecular weight is 285 g/mol. The first kappa shape index (κ1) is 15.3. The minimum absolute atomic E-state index is 0.0103. The van der Waals surface area contributed by atoms with Crippen molar-refractivity contribution in [3.63, 3.8) is 0 Å². The highest BCUT2D eigenvalue weighted by Crippen LogP contribution is 2.02. The maximum Gasteiger partial charge on any atom is 0.250 e. The van der Waals surface area contributed by atoms with Crippen molar-refractivity contribution in [2.75, 3.05) is 25.9 Å².